The molecule has 3 aromatic rings. The summed E-state index contributed by atoms with van der Waals surface area (Å²) in [6, 6.07) is 18.4. The van der Waals surface area contributed by atoms with Crippen molar-refractivity contribution in [3.05, 3.63) is 106 Å². The van der Waals surface area contributed by atoms with Crippen LogP contribution in [0.5, 0.6) is 17.2 Å². The average molecular weight is 595 g/mol. The van der Waals surface area contributed by atoms with Crippen LogP contribution in [-0.4, -0.2) is 40.5 Å². The van der Waals surface area contributed by atoms with Crippen molar-refractivity contribution >= 4 is 23.4 Å². The highest BCUT2D eigenvalue weighted by Crippen LogP contribution is 2.63. The van der Waals surface area contributed by atoms with Crippen molar-refractivity contribution in [3.8, 4) is 17.2 Å². The number of ketones is 3. The number of aromatic hydroxyl groups is 1. The molecule has 226 valence electrons. The first-order valence-corrected chi connectivity index (χ1v) is 14.5. The Morgan fingerprint density at radius 1 is 1.00 bits per heavy atom. The number of carbonyl (C=O) groups is 3. The molecule has 3 aromatic carbocycles. The van der Waals surface area contributed by atoms with E-state index in [4.69, 9.17) is 14.2 Å². The lowest BCUT2D eigenvalue weighted by atomic mass is 9.55. The Kier molecular flexibility index (Phi) is 6.81. The Morgan fingerprint density at radius 2 is 1.64 bits per heavy atom. The van der Waals surface area contributed by atoms with E-state index >= 15 is 0 Å². The van der Waals surface area contributed by atoms with Crippen molar-refractivity contribution in [1.82, 2.24) is 0 Å². The summed E-state index contributed by atoms with van der Waals surface area (Å²) in [5, 5.41) is 23.2. The lowest BCUT2D eigenvalue weighted by Crippen LogP contribution is -2.69. The SMILES string of the molecule is COc1c(C)c2c(c(O)c1C(=O)/C=C/c1ccccc1)C[C@@]1(C)C(=O)C(C)(C)C(O)=C3C(=O)C[C@H](c4ccccc4)O[C@@]31O2. The third kappa shape index (κ3) is 4.04. The third-order valence-corrected chi connectivity index (χ3v) is 9.24. The number of fused-ring (bicyclic) bond motifs is 1. The molecule has 8 nitrogen and oxygen atoms in total. The summed E-state index contributed by atoms with van der Waals surface area (Å²) >= 11 is 0. The lowest BCUT2D eigenvalue weighted by Gasteiger charge is -2.58. The minimum Gasteiger partial charge on any atom is -0.511 e. The number of benzene rings is 3. The third-order valence-electron chi connectivity index (χ3n) is 9.24. The molecule has 44 heavy (non-hydrogen) atoms. The van der Waals surface area contributed by atoms with E-state index in [1.807, 2.05) is 60.7 Å². The minimum atomic E-state index is -2.01. The Balaban J connectivity index is 1.56. The normalized spacial score (nSPS) is 25.6. The lowest BCUT2D eigenvalue weighted by molar-refractivity contribution is -0.268. The standard InChI is InChI=1S/C36H34O8/c1-20-30-23(29(39)27(31(20)42-5)24(37)17-16-21-12-8-6-9-13-21)19-35(4)33(41)34(2,3)32(40)28-25(38)18-26(43-36(28,35)44-30)22-14-10-7-11-15-22/h6-17,26,39-40H,18-19H2,1-5H3/b17-16+/t26-,35+,36-/m1/s1. The van der Waals surface area contributed by atoms with Crippen LogP contribution >= 0.6 is 0 Å². The molecule has 1 fully saturated rings. The number of hydrogen-bond donors (Lipinski definition) is 2. The van der Waals surface area contributed by atoms with Gasteiger partial charge in [-0.2, -0.15) is 0 Å². The van der Waals surface area contributed by atoms with Gasteiger partial charge in [0.15, 0.2) is 17.3 Å². The predicted molar refractivity (Wildman–Crippen MR) is 163 cm³/mol. The zero-order chi connectivity index (χ0) is 31.6. The molecule has 1 aliphatic carbocycles. The summed E-state index contributed by atoms with van der Waals surface area (Å²) in [6.07, 6.45) is 2.04. The van der Waals surface area contributed by atoms with Gasteiger partial charge >= 0.3 is 0 Å². The first-order chi connectivity index (χ1) is 20.9. The first kappa shape index (κ1) is 29.4. The summed E-state index contributed by atoms with van der Waals surface area (Å²) in [7, 11) is 1.38. The fourth-order valence-corrected chi connectivity index (χ4v) is 6.93. The summed E-state index contributed by atoms with van der Waals surface area (Å²) < 4.78 is 19.0. The van der Waals surface area contributed by atoms with Crippen molar-refractivity contribution in [2.75, 3.05) is 7.11 Å². The number of ether oxygens (including phenoxy) is 3. The zero-order valence-corrected chi connectivity index (χ0v) is 25.3. The predicted octanol–water partition coefficient (Wildman–Crippen LogP) is 6.39. The number of phenolic OH excluding ortho intramolecular Hbond substituents is 1. The Labute approximate surface area is 255 Å². The Hall–Kier alpha value is -4.69. The van der Waals surface area contributed by atoms with E-state index in [1.54, 1.807) is 33.8 Å². The molecule has 2 heterocycles. The van der Waals surface area contributed by atoms with Crippen LogP contribution in [0.25, 0.3) is 6.08 Å². The first-order valence-electron chi connectivity index (χ1n) is 14.5. The zero-order valence-electron chi connectivity index (χ0n) is 25.3. The number of carbonyl (C=O) groups excluding carboxylic acids is 3. The van der Waals surface area contributed by atoms with Crippen LogP contribution in [-0.2, 0) is 20.7 Å². The number of Topliss-reactive ketones (excluding diaryl/α,β-unsaturated/α-hetero) is 2. The molecule has 2 aliphatic heterocycles. The second-order valence-electron chi connectivity index (χ2n) is 12.3. The van der Waals surface area contributed by atoms with E-state index in [9.17, 15) is 24.6 Å². The number of aliphatic hydroxyl groups is 1. The largest absolute Gasteiger partial charge is 0.511 e. The second-order valence-corrected chi connectivity index (χ2v) is 12.3. The van der Waals surface area contributed by atoms with Gasteiger partial charge in [-0.3, -0.25) is 14.4 Å². The van der Waals surface area contributed by atoms with Gasteiger partial charge in [0.05, 0.1) is 18.6 Å². The van der Waals surface area contributed by atoms with Gasteiger partial charge in [0, 0.05) is 17.5 Å². The van der Waals surface area contributed by atoms with E-state index in [-0.39, 0.29) is 46.8 Å². The maximum absolute atomic E-state index is 14.4. The molecular formula is C36H34O8. The smallest absolute Gasteiger partial charge is 0.257 e. The van der Waals surface area contributed by atoms with Gasteiger partial charge in [-0.1, -0.05) is 66.7 Å². The molecule has 2 N–H and O–H groups in total. The summed E-state index contributed by atoms with van der Waals surface area (Å²) in [6.45, 7) is 6.41. The van der Waals surface area contributed by atoms with E-state index in [1.165, 1.54) is 13.2 Å². The van der Waals surface area contributed by atoms with Gasteiger partial charge in [-0.25, -0.2) is 0 Å². The quantitative estimate of drug-likeness (QED) is 0.258. The number of allylic oxidation sites excluding steroid dienone is 2. The van der Waals surface area contributed by atoms with Crippen molar-refractivity contribution in [3.63, 3.8) is 0 Å². The van der Waals surface area contributed by atoms with Gasteiger partial charge in [-0.15, -0.1) is 0 Å². The Morgan fingerprint density at radius 3 is 2.27 bits per heavy atom. The molecule has 6 rings (SSSR count). The fraction of sp³-hybridized carbons (Fsp3) is 0.306. The van der Waals surface area contributed by atoms with Gasteiger partial charge in [0.2, 0.25) is 0 Å². The van der Waals surface area contributed by atoms with Crippen LogP contribution in [0, 0.1) is 17.8 Å². The highest BCUT2D eigenvalue weighted by molar-refractivity contribution is 6.12. The summed E-state index contributed by atoms with van der Waals surface area (Å²) in [5.74, 6) is -3.90. The molecular weight excluding hydrogens is 560 g/mol. The van der Waals surface area contributed by atoms with Gasteiger partial charge < -0.3 is 24.4 Å². The minimum absolute atomic E-state index is 0.0591. The molecule has 3 aliphatic rings. The number of hydrogen-bond acceptors (Lipinski definition) is 8. The molecule has 0 bridgehead atoms. The molecule has 0 saturated carbocycles. The number of methoxy groups -OCH3 is 1. The fourth-order valence-electron chi connectivity index (χ4n) is 6.93. The number of aliphatic hydroxyl groups excluding tert-OH is 1. The maximum Gasteiger partial charge on any atom is 0.257 e. The topological polar surface area (TPSA) is 119 Å². The molecule has 1 saturated heterocycles. The van der Waals surface area contributed by atoms with E-state index in [0.717, 1.165) is 5.56 Å². The van der Waals surface area contributed by atoms with Crippen molar-refractivity contribution < 1.29 is 38.8 Å². The van der Waals surface area contributed by atoms with E-state index in [2.05, 4.69) is 0 Å². The van der Waals surface area contributed by atoms with Crippen LogP contribution in [0.4, 0.5) is 0 Å². The molecule has 0 amide bonds. The molecule has 3 atom stereocenters. The molecule has 0 unspecified atom stereocenters. The van der Waals surface area contributed by atoms with Crippen molar-refractivity contribution in [1.29, 1.82) is 0 Å². The van der Waals surface area contributed by atoms with Crippen LogP contribution < -0.4 is 9.47 Å². The van der Waals surface area contributed by atoms with Crippen molar-refractivity contribution in [2.24, 2.45) is 10.8 Å². The highest BCUT2D eigenvalue weighted by atomic mass is 16.7. The van der Waals surface area contributed by atoms with Crippen LogP contribution in [0.15, 0.2) is 78.1 Å². The van der Waals surface area contributed by atoms with Crippen molar-refractivity contribution in [2.45, 2.75) is 52.4 Å². The van der Waals surface area contributed by atoms with Gasteiger partial charge in [-0.05, 0) is 51.3 Å². The van der Waals surface area contributed by atoms with Gasteiger partial charge in [0.1, 0.15) is 39.6 Å². The summed E-state index contributed by atoms with van der Waals surface area (Å²) in [4.78, 5) is 41.8. The highest BCUT2D eigenvalue weighted by Gasteiger charge is 2.72. The second kappa shape index (κ2) is 10.2. The van der Waals surface area contributed by atoms with E-state index in [0.29, 0.717) is 11.1 Å². The number of rotatable bonds is 5. The molecule has 0 aromatic heterocycles. The monoisotopic (exact) mass is 594 g/mol. The Bertz CT molecular complexity index is 1770. The van der Waals surface area contributed by atoms with E-state index < -0.39 is 45.8 Å². The maximum atomic E-state index is 14.4. The van der Waals surface area contributed by atoms with Crippen LogP contribution in [0.2, 0.25) is 0 Å². The average Bonchev–Trinajstić information content (AvgIpc) is 3.02. The van der Waals surface area contributed by atoms with Gasteiger partial charge in [0.25, 0.3) is 5.79 Å². The van der Waals surface area contributed by atoms with Crippen LogP contribution in [0.3, 0.4) is 0 Å². The van der Waals surface area contributed by atoms with Crippen LogP contribution in [0.1, 0.15) is 65.9 Å². The molecule has 0 radical (unpaired) electrons. The molecule has 8 heteroatoms. The number of phenols is 1. The molecule has 1 spiro atoms. The summed E-state index contributed by atoms with van der Waals surface area (Å²) in [5.41, 5.74) is -1.08.